The molecule has 0 bridgehead atoms. The number of carbonyl (C=O) groups excluding carboxylic acids is 2. The molecule has 2 amide bonds. The van der Waals surface area contributed by atoms with Crippen LogP contribution in [0.5, 0.6) is 0 Å². The molecule has 3 unspecified atom stereocenters. The van der Waals surface area contributed by atoms with Crippen LogP contribution in [0.15, 0.2) is 48.5 Å². The van der Waals surface area contributed by atoms with Crippen LogP contribution in [0.3, 0.4) is 0 Å². The predicted molar refractivity (Wildman–Crippen MR) is 89.7 cm³/mol. The number of fused-ring (bicyclic) bond motifs is 1. The molecular weight excluding hydrogens is 333 g/mol. The van der Waals surface area contributed by atoms with Gasteiger partial charge in [0.05, 0.1) is 17.0 Å². The van der Waals surface area contributed by atoms with Gasteiger partial charge in [-0.25, -0.2) is 4.90 Å². The van der Waals surface area contributed by atoms with Gasteiger partial charge < -0.3 is 0 Å². The van der Waals surface area contributed by atoms with Gasteiger partial charge in [-0.05, 0) is 30.7 Å². The molecule has 2 aromatic carbocycles. The molecule has 5 heteroatoms. The summed E-state index contributed by atoms with van der Waals surface area (Å²) < 4.78 is 0. The molecule has 2 aromatic rings. The van der Waals surface area contributed by atoms with E-state index in [0.717, 1.165) is 5.56 Å². The minimum absolute atomic E-state index is 0.0467. The summed E-state index contributed by atoms with van der Waals surface area (Å²) in [6.45, 7) is 1.86. The fourth-order valence-corrected chi connectivity index (χ4v) is 4.28. The van der Waals surface area contributed by atoms with Crippen molar-refractivity contribution in [3.05, 3.63) is 64.1 Å². The molecule has 116 valence electrons. The quantitative estimate of drug-likeness (QED) is 0.761. The van der Waals surface area contributed by atoms with Crippen molar-refractivity contribution < 1.29 is 9.59 Å². The Balaban J connectivity index is 1.72. The molecule has 2 aliphatic rings. The maximum atomic E-state index is 12.9. The average molecular weight is 346 g/mol. The Morgan fingerprint density at radius 2 is 1.57 bits per heavy atom. The van der Waals surface area contributed by atoms with Crippen LogP contribution in [0, 0.1) is 11.3 Å². The van der Waals surface area contributed by atoms with Crippen LogP contribution in [-0.2, 0) is 9.59 Å². The summed E-state index contributed by atoms with van der Waals surface area (Å²) in [7, 11) is 0. The molecule has 1 aliphatic carbocycles. The molecule has 1 aliphatic heterocycles. The number of rotatable bonds is 2. The Morgan fingerprint density at radius 1 is 0.957 bits per heavy atom. The van der Waals surface area contributed by atoms with E-state index in [9.17, 15) is 9.59 Å². The highest BCUT2D eigenvalue weighted by Gasteiger charge is 2.76. The lowest BCUT2D eigenvalue weighted by Gasteiger charge is -2.21. The largest absolute Gasteiger partial charge is 0.274 e. The summed E-state index contributed by atoms with van der Waals surface area (Å²) in [6, 6.07) is 14.5. The van der Waals surface area contributed by atoms with Crippen LogP contribution >= 0.6 is 23.2 Å². The molecule has 23 heavy (non-hydrogen) atoms. The van der Waals surface area contributed by atoms with Gasteiger partial charge in [0.15, 0.2) is 0 Å². The minimum atomic E-state index is -0.673. The first-order valence-corrected chi connectivity index (χ1v) is 8.09. The number of benzene rings is 2. The van der Waals surface area contributed by atoms with Crippen molar-refractivity contribution in [3.8, 4) is 0 Å². The third-order valence-electron chi connectivity index (χ3n) is 4.93. The standard InChI is InChI=1S/C18H13Cl2NO2/c1-18-14(10-5-3-2-4-6-10)15(18)16(22)21(17(18)23)13-8-11(19)7-12(20)9-13/h2-9,14-15H,1H3. The van der Waals surface area contributed by atoms with E-state index in [1.54, 1.807) is 18.2 Å². The van der Waals surface area contributed by atoms with E-state index in [0.29, 0.717) is 15.7 Å². The molecule has 4 rings (SSSR count). The van der Waals surface area contributed by atoms with Crippen molar-refractivity contribution in [2.45, 2.75) is 12.8 Å². The summed E-state index contributed by atoms with van der Waals surface area (Å²) in [6.07, 6.45) is 0. The SMILES string of the molecule is CC12C(=O)N(c3cc(Cl)cc(Cl)c3)C(=O)C1C2c1ccccc1. The number of imide groups is 1. The zero-order valence-electron chi connectivity index (χ0n) is 12.3. The number of anilines is 1. The van der Waals surface area contributed by atoms with Gasteiger partial charge in [-0.2, -0.15) is 0 Å². The Labute approximate surface area is 143 Å². The third kappa shape index (κ3) is 1.97. The molecule has 1 saturated heterocycles. The van der Waals surface area contributed by atoms with Gasteiger partial charge in [-0.15, -0.1) is 0 Å². The van der Waals surface area contributed by atoms with Crippen LogP contribution in [0.1, 0.15) is 18.4 Å². The van der Waals surface area contributed by atoms with Crippen molar-refractivity contribution >= 4 is 40.7 Å². The van der Waals surface area contributed by atoms with Gasteiger partial charge in [0.25, 0.3) is 0 Å². The normalized spacial score (nSPS) is 28.9. The highest BCUT2D eigenvalue weighted by atomic mass is 35.5. The van der Waals surface area contributed by atoms with Crippen molar-refractivity contribution in [2.75, 3.05) is 4.90 Å². The summed E-state index contributed by atoms with van der Waals surface area (Å²) in [5.41, 5.74) is 0.802. The maximum absolute atomic E-state index is 12.9. The van der Waals surface area contributed by atoms with Crippen molar-refractivity contribution in [1.29, 1.82) is 0 Å². The topological polar surface area (TPSA) is 37.4 Å². The molecule has 2 fully saturated rings. The second kappa shape index (κ2) is 4.83. The van der Waals surface area contributed by atoms with Crippen LogP contribution in [0.25, 0.3) is 0 Å². The van der Waals surface area contributed by atoms with Gasteiger partial charge in [0.2, 0.25) is 11.8 Å². The minimum Gasteiger partial charge on any atom is -0.274 e. The third-order valence-corrected chi connectivity index (χ3v) is 5.37. The first-order chi connectivity index (χ1) is 10.9. The van der Waals surface area contributed by atoms with Crippen LogP contribution in [0.2, 0.25) is 10.0 Å². The van der Waals surface area contributed by atoms with E-state index in [1.807, 2.05) is 37.3 Å². The molecule has 3 nitrogen and oxygen atoms in total. The highest BCUT2D eigenvalue weighted by molar-refractivity contribution is 6.36. The zero-order valence-corrected chi connectivity index (χ0v) is 13.8. The summed E-state index contributed by atoms with van der Waals surface area (Å²) >= 11 is 12.0. The average Bonchev–Trinajstić information content (AvgIpc) is 3.08. The molecule has 0 N–H and O–H groups in total. The first-order valence-electron chi connectivity index (χ1n) is 7.34. The number of amides is 2. The number of piperidine rings is 1. The Bertz CT molecular complexity index is 816. The Kier molecular flexibility index (Phi) is 3.09. The van der Waals surface area contributed by atoms with Gasteiger partial charge in [0.1, 0.15) is 0 Å². The molecule has 0 radical (unpaired) electrons. The smallest absolute Gasteiger partial charge is 0.241 e. The highest BCUT2D eigenvalue weighted by Crippen LogP contribution is 2.69. The number of nitrogens with zero attached hydrogens (tertiary/aromatic N) is 1. The number of hydrogen-bond acceptors (Lipinski definition) is 2. The van der Waals surface area contributed by atoms with Gasteiger partial charge >= 0.3 is 0 Å². The molecule has 1 saturated carbocycles. The van der Waals surface area contributed by atoms with E-state index in [4.69, 9.17) is 23.2 Å². The second-order valence-electron chi connectivity index (χ2n) is 6.26. The van der Waals surface area contributed by atoms with E-state index < -0.39 is 5.41 Å². The number of halogens is 2. The predicted octanol–water partition coefficient (Wildman–Crippen LogP) is 4.29. The number of carbonyl (C=O) groups is 2. The van der Waals surface area contributed by atoms with Crippen LogP contribution < -0.4 is 4.90 Å². The summed E-state index contributed by atoms with van der Waals surface area (Å²) in [4.78, 5) is 26.9. The monoisotopic (exact) mass is 345 g/mol. The lowest BCUT2D eigenvalue weighted by atomic mass is 10.00. The van der Waals surface area contributed by atoms with E-state index in [2.05, 4.69) is 0 Å². The van der Waals surface area contributed by atoms with E-state index in [1.165, 1.54) is 4.90 Å². The molecule has 0 aromatic heterocycles. The van der Waals surface area contributed by atoms with Gasteiger partial charge in [-0.3, -0.25) is 9.59 Å². The van der Waals surface area contributed by atoms with Gasteiger partial charge in [0, 0.05) is 16.0 Å². The summed E-state index contributed by atoms with van der Waals surface area (Å²) in [5, 5.41) is 0.803. The molecule has 3 atom stereocenters. The second-order valence-corrected chi connectivity index (χ2v) is 7.13. The zero-order chi connectivity index (χ0) is 16.4. The van der Waals surface area contributed by atoms with Gasteiger partial charge in [-0.1, -0.05) is 53.5 Å². The van der Waals surface area contributed by atoms with Crippen molar-refractivity contribution in [3.63, 3.8) is 0 Å². The molecule has 0 spiro atoms. The Morgan fingerprint density at radius 3 is 2.09 bits per heavy atom. The fraction of sp³-hybridized carbons (Fsp3) is 0.222. The van der Waals surface area contributed by atoms with Crippen LogP contribution in [0.4, 0.5) is 5.69 Å². The number of hydrogen-bond donors (Lipinski definition) is 0. The fourth-order valence-electron chi connectivity index (χ4n) is 3.77. The van der Waals surface area contributed by atoms with E-state index in [-0.39, 0.29) is 23.7 Å². The van der Waals surface area contributed by atoms with Crippen LogP contribution in [-0.4, -0.2) is 11.8 Å². The Hall–Kier alpha value is -1.84. The van der Waals surface area contributed by atoms with E-state index >= 15 is 0 Å². The van der Waals surface area contributed by atoms with Crippen molar-refractivity contribution in [1.82, 2.24) is 0 Å². The molecule has 1 heterocycles. The lowest BCUT2D eigenvalue weighted by molar-refractivity contribution is -0.125. The first kappa shape index (κ1) is 14.7. The summed E-state index contributed by atoms with van der Waals surface area (Å²) in [5.74, 6) is -0.714. The molecular formula is C18H13Cl2NO2. The maximum Gasteiger partial charge on any atom is 0.241 e. The van der Waals surface area contributed by atoms with Crippen molar-refractivity contribution in [2.24, 2.45) is 11.3 Å². The lowest BCUT2D eigenvalue weighted by Crippen LogP contribution is -2.36.